The fourth-order valence-electron chi connectivity index (χ4n) is 3.54. The van der Waals surface area contributed by atoms with E-state index in [-0.39, 0.29) is 29.2 Å². The van der Waals surface area contributed by atoms with Gasteiger partial charge in [0.15, 0.2) is 15.0 Å². The van der Waals surface area contributed by atoms with Gasteiger partial charge in [-0.05, 0) is 17.9 Å². The van der Waals surface area contributed by atoms with Crippen LogP contribution in [0.4, 0.5) is 5.82 Å². The van der Waals surface area contributed by atoms with E-state index in [1.165, 1.54) is 23.1 Å². The number of nitrogen functional groups attached to an aromatic ring is 1. The molecular formula is C16H21N5O3S3. The number of hydrogen-bond donors (Lipinski definition) is 1. The first-order chi connectivity index (χ1) is 12.9. The predicted molar refractivity (Wildman–Crippen MR) is 108 cm³/mol. The maximum Gasteiger partial charge on any atom is 0.233 e. The fraction of sp³-hybridized carbons (Fsp3) is 0.562. The van der Waals surface area contributed by atoms with Crippen molar-refractivity contribution in [2.75, 3.05) is 49.2 Å². The highest BCUT2D eigenvalue weighted by atomic mass is 32.2. The Morgan fingerprint density at radius 2 is 2.07 bits per heavy atom. The normalized spacial score (nSPS) is 23.1. The zero-order valence-electron chi connectivity index (χ0n) is 14.7. The highest BCUT2D eigenvalue weighted by Crippen LogP contribution is 2.26. The SMILES string of the molecule is Nc1nc(SCC(=O)N2CCN(C3CCS(=O)(=O)C3)CC2)nc2sccc12. The van der Waals surface area contributed by atoms with Gasteiger partial charge in [0.2, 0.25) is 5.91 Å². The van der Waals surface area contributed by atoms with Crippen LogP contribution in [0.3, 0.4) is 0 Å². The Kier molecular flexibility index (Phi) is 5.28. The van der Waals surface area contributed by atoms with Crippen molar-refractivity contribution in [3.8, 4) is 0 Å². The molecule has 11 heteroatoms. The number of fused-ring (bicyclic) bond motifs is 1. The average Bonchev–Trinajstić information content (AvgIpc) is 3.26. The average molecular weight is 428 g/mol. The lowest BCUT2D eigenvalue weighted by Crippen LogP contribution is -2.52. The maximum atomic E-state index is 12.5. The molecule has 0 spiro atoms. The summed E-state index contributed by atoms with van der Waals surface area (Å²) in [5.41, 5.74) is 5.94. The molecule has 0 aromatic carbocycles. The van der Waals surface area contributed by atoms with E-state index in [0.717, 1.165) is 23.3 Å². The molecule has 4 heterocycles. The second-order valence-electron chi connectivity index (χ2n) is 6.79. The monoisotopic (exact) mass is 427 g/mol. The van der Waals surface area contributed by atoms with Crippen LogP contribution in [0.1, 0.15) is 6.42 Å². The van der Waals surface area contributed by atoms with Gasteiger partial charge in [0.05, 0.1) is 22.6 Å². The van der Waals surface area contributed by atoms with E-state index in [1.807, 2.05) is 16.3 Å². The lowest BCUT2D eigenvalue weighted by atomic mass is 10.2. The molecule has 146 valence electrons. The van der Waals surface area contributed by atoms with E-state index in [1.54, 1.807) is 0 Å². The standard InChI is InChI=1S/C16H21N5O3S3/c17-14-12-1-7-25-15(12)19-16(18-14)26-9-13(22)21-5-3-20(4-6-21)11-2-8-27(23,24)10-11/h1,7,11H,2-6,8-10H2,(H2,17,18,19). The number of thioether (sulfide) groups is 1. The Morgan fingerprint density at radius 3 is 2.78 bits per heavy atom. The highest BCUT2D eigenvalue weighted by molar-refractivity contribution is 7.99. The molecule has 2 aromatic heterocycles. The molecule has 2 aliphatic rings. The van der Waals surface area contributed by atoms with Crippen LogP contribution >= 0.6 is 23.1 Å². The van der Waals surface area contributed by atoms with Gasteiger partial charge in [-0.25, -0.2) is 18.4 Å². The third kappa shape index (κ3) is 4.20. The van der Waals surface area contributed by atoms with Crippen molar-refractivity contribution in [2.24, 2.45) is 0 Å². The van der Waals surface area contributed by atoms with Crippen LogP contribution in [0.15, 0.2) is 16.6 Å². The number of nitrogens with two attached hydrogens (primary N) is 1. The van der Waals surface area contributed by atoms with Gasteiger partial charge in [-0.2, -0.15) is 0 Å². The Hall–Kier alpha value is -1.43. The van der Waals surface area contributed by atoms with Crippen LogP contribution in [-0.2, 0) is 14.6 Å². The Labute approximate surface area is 166 Å². The van der Waals surface area contributed by atoms with Crippen LogP contribution < -0.4 is 5.73 Å². The zero-order chi connectivity index (χ0) is 19.0. The molecule has 8 nitrogen and oxygen atoms in total. The lowest BCUT2D eigenvalue weighted by molar-refractivity contribution is -0.130. The molecular weight excluding hydrogens is 406 g/mol. The summed E-state index contributed by atoms with van der Waals surface area (Å²) in [6.07, 6.45) is 0.704. The first kappa shape index (κ1) is 18.9. The lowest BCUT2D eigenvalue weighted by Gasteiger charge is -2.37. The topological polar surface area (TPSA) is 109 Å². The number of aromatic nitrogens is 2. The van der Waals surface area contributed by atoms with Crippen molar-refractivity contribution in [1.82, 2.24) is 19.8 Å². The minimum Gasteiger partial charge on any atom is -0.383 e. The first-order valence-electron chi connectivity index (χ1n) is 8.77. The van der Waals surface area contributed by atoms with Gasteiger partial charge in [-0.15, -0.1) is 11.3 Å². The summed E-state index contributed by atoms with van der Waals surface area (Å²) in [5, 5.41) is 3.29. The summed E-state index contributed by atoms with van der Waals surface area (Å²) in [4.78, 5) is 26.1. The summed E-state index contributed by atoms with van der Waals surface area (Å²) in [6.45, 7) is 2.70. The molecule has 2 aromatic rings. The van der Waals surface area contributed by atoms with E-state index in [2.05, 4.69) is 14.9 Å². The van der Waals surface area contributed by atoms with Gasteiger partial charge in [0, 0.05) is 32.2 Å². The molecule has 2 fully saturated rings. The summed E-state index contributed by atoms with van der Waals surface area (Å²) in [7, 11) is -2.88. The van der Waals surface area contributed by atoms with E-state index in [4.69, 9.17) is 5.73 Å². The van der Waals surface area contributed by atoms with Gasteiger partial charge in [0.25, 0.3) is 0 Å². The minimum atomic E-state index is -2.88. The molecule has 4 rings (SSSR count). The molecule has 1 amide bonds. The van der Waals surface area contributed by atoms with Gasteiger partial charge < -0.3 is 10.6 Å². The van der Waals surface area contributed by atoms with Crippen LogP contribution in [0.25, 0.3) is 10.2 Å². The van der Waals surface area contributed by atoms with Gasteiger partial charge in [0.1, 0.15) is 10.6 Å². The van der Waals surface area contributed by atoms with E-state index in [9.17, 15) is 13.2 Å². The largest absolute Gasteiger partial charge is 0.383 e. The molecule has 0 saturated carbocycles. The summed E-state index contributed by atoms with van der Waals surface area (Å²) in [6, 6.07) is 2.00. The highest BCUT2D eigenvalue weighted by Gasteiger charge is 2.34. The fourth-order valence-corrected chi connectivity index (χ4v) is 6.88. The van der Waals surface area contributed by atoms with Gasteiger partial charge in [-0.3, -0.25) is 9.69 Å². The van der Waals surface area contributed by atoms with Crippen molar-refractivity contribution < 1.29 is 13.2 Å². The molecule has 0 aliphatic carbocycles. The molecule has 2 saturated heterocycles. The Morgan fingerprint density at radius 1 is 1.30 bits per heavy atom. The number of rotatable bonds is 4. The molecule has 1 atom stereocenters. The third-order valence-electron chi connectivity index (χ3n) is 5.05. The summed E-state index contributed by atoms with van der Waals surface area (Å²) in [5.74, 6) is 1.29. The third-order valence-corrected chi connectivity index (χ3v) is 8.44. The smallest absolute Gasteiger partial charge is 0.233 e. The summed E-state index contributed by atoms with van der Waals surface area (Å²) < 4.78 is 23.3. The van der Waals surface area contributed by atoms with Crippen molar-refractivity contribution in [3.63, 3.8) is 0 Å². The van der Waals surface area contributed by atoms with Crippen molar-refractivity contribution in [3.05, 3.63) is 11.4 Å². The number of carbonyl (C=O) groups excluding carboxylic acids is 1. The molecule has 0 bridgehead atoms. The minimum absolute atomic E-state index is 0.0483. The van der Waals surface area contributed by atoms with Crippen molar-refractivity contribution >= 4 is 54.9 Å². The predicted octanol–water partition coefficient (Wildman–Crippen LogP) is 0.697. The number of thiophene rings is 1. The first-order valence-corrected chi connectivity index (χ1v) is 12.5. The Bertz CT molecular complexity index is 953. The second kappa shape index (κ2) is 7.53. The molecule has 0 radical (unpaired) electrons. The molecule has 27 heavy (non-hydrogen) atoms. The molecule has 2 N–H and O–H groups in total. The van der Waals surface area contributed by atoms with E-state index < -0.39 is 9.84 Å². The van der Waals surface area contributed by atoms with Crippen LogP contribution in [0.2, 0.25) is 0 Å². The number of piperazine rings is 1. The quantitative estimate of drug-likeness (QED) is 0.561. The van der Waals surface area contributed by atoms with Crippen LogP contribution in [0.5, 0.6) is 0 Å². The number of sulfone groups is 1. The molecule has 2 aliphatic heterocycles. The zero-order valence-corrected chi connectivity index (χ0v) is 17.2. The van der Waals surface area contributed by atoms with E-state index in [0.29, 0.717) is 30.5 Å². The number of amides is 1. The van der Waals surface area contributed by atoms with Crippen LogP contribution in [-0.4, -0.2) is 83.6 Å². The number of hydrogen-bond acceptors (Lipinski definition) is 9. The second-order valence-corrected chi connectivity index (χ2v) is 10.9. The van der Waals surface area contributed by atoms with E-state index >= 15 is 0 Å². The Balaban J connectivity index is 1.29. The van der Waals surface area contributed by atoms with Gasteiger partial charge >= 0.3 is 0 Å². The summed E-state index contributed by atoms with van der Waals surface area (Å²) >= 11 is 2.80. The van der Waals surface area contributed by atoms with Crippen molar-refractivity contribution in [2.45, 2.75) is 17.6 Å². The van der Waals surface area contributed by atoms with Crippen molar-refractivity contribution in [1.29, 1.82) is 0 Å². The molecule has 1 unspecified atom stereocenters. The van der Waals surface area contributed by atoms with Crippen LogP contribution in [0, 0.1) is 0 Å². The maximum absolute atomic E-state index is 12.5. The number of anilines is 1. The number of carbonyl (C=O) groups is 1. The van der Waals surface area contributed by atoms with Gasteiger partial charge in [-0.1, -0.05) is 11.8 Å². The number of nitrogens with zero attached hydrogens (tertiary/aromatic N) is 4.